The van der Waals surface area contributed by atoms with Gasteiger partial charge >= 0.3 is 11.9 Å². The van der Waals surface area contributed by atoms with Gasteiger partial charge in [0.1, 0.15) is 6.61 Å². The Balaban J connectivity index is 2.53. The van der Waals surface area contributed by atoms with Crippen molar-refractivity contribution in [1.82, 2.24) is 0 Å². The van der Waals surface area contributed by atoms with Crippen LogP contribution in [0.5, 0.6) is 0 Å². The van der Waals surface area contributed by atoms with Crippen LogP contribution >= 0.6 is 0 Å². The molecule has 0 saturated carbocycles. The Hall–Kier alpha value is -2.79. The van der Waals surface area contributed by atoms with E-state index in [0.29, 0.717) is 12.0 Å². The summed E-state index contributed by atoms with van der Waals surface area (Å²) < 4.78 is 10.1. The van der Waals surface area contributed by atoms with Gasteiger partial charge in [-0.1, -0.05) is 29.4 Å². The summed E-state index contributed by atoms with van der Waals surface area (Å²) in [6, 6.07) is 8.05. The van der Waals surface area contributed by atoms with Crippen LogP contribution in [-0.4, -0.2) is 31.2 Å². The van der Waals surface area contributed by atoms with Gasteiger partial charge in [0.15, 0.2) is 0 Å². The first-order chi connectivity index (χ1) is 11.1. The Labute approximate surface area is 134 Å². The zero-order valence-corrected chi connectivity index (χ0v) is 12.9. The van der Waals surface area contributed by atoms with Gasteiger partial charge in [0, 0.05) is 11.8 Å². The number of hydrogen-bond acceptors (Lipinski definition) is 5. The molecule has 0 bridgehead atoms. The lowest BCUT2D eigenvalue weighted by atomic mass is 9.98. The third-order valence-corrected chi connectivity index (χ3v) is 3.15. The number of nitrogens with zero attached hydrogens (tertiary/aromatic N) is 3. The minimum Gasteiger partial charge on any atom is -0.465 e. The summed E-state index contributed by atoms with van der Waals surface area (Å²) in [5.74, 6) is -1.15. The third-order valence-electron chi connectivity index (χ3n) is 3.15. The van der Waals surface area contributed by atoms with Gasteiger partial charge < -0.3 is 9.47 Å². The Bertz CT molecular complexity index is 582. The van der Waals surface area contributed by atoms with E-state index >= 15 is 0 Å². The van der Waals surface area contributed by atoms with Crippen molar-refractivity contribution in [2.45, 2.75) is 19.4 Å². The lowest BCUT2D eigenvalue weighted by Gasteiger charge is -2.19. The molecule has 0 aliphatic rings. The zero-order valence-electron chi connectivity index (χ0n) is 12.9. The number of ether oxygens (including phenoxy) is 2. The van der Waals surface area contributed by atoms with Crippen molar-refractivity contribution in [1.29, 1.82) is 0 Å². The highest BCUT2D eigenvalue weighted by Gasteiger charge is 2.19. The molecular formula is C16H19N3O4. The molecule has 0 fully saturated rings. The first-order valence-electron chi connectivity index (χ1n) is 7.10. The summed E-state index contributed by atoms with van der Waals surface area (Å²) in [5.41, 5.74) is 9.07. The molecule has 0 aliphatic heterocycles. The molecule has 0 saturated heterocycles. The number of benzene rings is 1. The van der Waals surface area contributed by atoms with Crippen molar-refractivity contribution >= 4 is 11.9 Å². The minimum absolute atomic E-state index is 0.0390. The first kappa shape index (κ1) is 18.3. The van der Waals surface area contributed by atoms with Crippen molar-refractivity contribution in [2.75, 3.05) is 13.2 Å². The number of hydrogen-bond donors (Lipinski definition) is 0. The molecule has 7 heteroatoms. The molecule has 1 aromatic carbocycles. The van der Waals surface area contributed by atoms with Crippen LogP contribution in [0.4, 0.5) is 0 Å². The third kappa shape index (κ3) is 6.67. The standard InChI is InChI=1S/C16H19N3O4/c1-3-13(15(18-19-17)11-23-12(2)20)9-10-22-16(21)14-7-5-4-6-8-14/h3-8,13,15H,1,9-11H2,2H3/t13-,15-/m0/s1. The molecule has 0 unspecified atom stereocenters. The van der Waals surface area contributed by atoms with E-state index in [1.807, 2.05) is 6.07 Å². The molecular weight excluding hydrogens is 298 g/mol. The predicted octanol–water partition coefficient (Wildman–Crippen LogP) is 3.28. The molecule has 1 aromatic rings. The second-order valence-electron chi connectivity index (χ2n) is 4.77. The predicted molar refractivity (Wildman–Crippen MR) is 84.6 cm³/mol. The van der Waals surface area contributed by atoms with Crippen molar-refractivity contribution in [2.24, 2.45) is 11.0 Å². The van der Waals surface area contributed by atoms with Gasteiger partial charge in [-0.25, -0.2) is 4.79 Å². The molecule has 2 atom stereocenters. The van der Waals surface area contributed by atoms with E-state index in [0.717, 1.165) is 0 Å². The first-order valence-corrected chi connectivity index (χ1v) is 7.10. The minimum atomic E-state index is -0.586. The van der Waals surface area contributed by atoms with Crippen LogP contribution in [0, 0.1) is 5.92 Å². The lowest BCUT2D eigenvalue weighted by molar-refractivity contribution is -0.141. The topological polar surface area (TPSA) is 101 Å². The molecule has 0 aliphatic carbocycles. The largest absolute Gasteiger partial charge is 0.465 e. The molecule has 0 N–H and O–H groups in total. The summed E-state index contributed by atoms with van der Waals surface area (Å²) in [5, 5.41) is 3.61. The fourth-order valence-corrected chi connectivity index (χ4v) is 1.92. The number of azide groups is 1. The molecule has 23 heavy (non-hydrogen) atoms. The van der Waals surface area contributed by atoms with Gasteiger partial charge in [0.2, 0.25) is 0 Å². The molecule has 0 amide bonds. The van der Waals surface area contributed by atoms with Gasteiger partial charge in [-0.15, -0.1) is 6.58 Å². The maximum absolute atomic E-state index is 11.8. The van der Waals surface area contributed by atoms with Gasteiger partial charge in [0.05, 0.1) is 18.2 Å². The maximum Gasteiger partial charge on any atom is 0.338 e. The average molecular weight is 317 g/mol. The normalized spacial score (nSPS) is 12.4. The summed E-state index contributed by atoms with van der Waals surface area (Å²) >= 11 is 0. The van der Waals surface area contributed by atoms with Gasteiger partial charge in [-0.3, -0.25) is 4.79 Å². The monoisotopic (exact) mass is 317 g/mol. The second kappa shape index (κ2) is 10.0. The van der Waals surface area contributed by atoms with E-state index in [1.54, 1.807) is 30.3 Å². The van der Waals surface area contributed by atoms with Crippen LogP contribution < -0.4 is 0 Å². The van der Waals surface area contributed by atoms with Crippen molar-refractivity contribution in [3.63, 3.8) is 0 Å². The Morgan fingerprint density at radius 3 is 2.61 bits per heavy atom. The fraction of sp³-hybridized carbons (Fsp3) is 0.375. The molecule has 7 nitrogen and oxygen atoms in total. The molecule has 0 radical (unpaired) electrons. The summed E-state index contributed by atoms with van der Waals surface area (Å²) in [7, 11) is 0. The molecule has 1 rings (SSSR count). The van der Waals surface area contributed by atoms with E-state index in [-0.39, 0.29) is 19.1 Å². The van der Waals surface area contributed by atoms with Crippen LogP contribution in [0.15, 0.2) is 48.1 Å². The zero-order chi connectivity index (χ0) is 17.1. The van der Waals surface area contributed by atoms with Gasteiger partial charge in [0.25, 0.3) is 0 Å². The Morgan fingerprint density at radius 1 is 1.35 bits per heavy atom. The fourth-order valence-electron chi connectivity index (χ4n) is 1.92. The van der Waals surface area contributed by atoms with Crippen LogP contribution in [0.1, 0.15) is 23.7 Å². The summed E-state index contributed by atoms with van der Waals surface area (Å²) in [6.45, 7) is 5.06. The molecule has 0 heterocycles. The van der Waals surface area contributed by atoms with Crippen LogP contribution in [-0.2, 0) is 14.3 Å². The maximum atomic E-state index is 11.8. The number of carbonyl (C=O) groups excluding carboxylic acids is 2. The summed E-state index contributed by atoms with van der Waals surface area (Å²) in [6.07, 6.45) is 2.01. The van der Waals surface area contributed by atoms with E-state index in [9.17, 15) is 9.59 Å². The molecule has 0 aromatic heterocycles. The number of rotatable bonds is 9. The van der Waals surface area contributed by atoms with Crippen molar-refractivity contribution in [3.05, 3.63) is 59.0 Å². The lowest BCUT2D eigenvalue weighted by Crippen LogP contribution is -2.25. The molecule has 122 valence electrons. The summed E-state index contributed by atoms with van der Waals surface area (Å²) in [4.78, 5) is 25.4. The van der Waals surface area contributed by atoms with Crippen LogP contribution in [0.3, 0.4) is 0 Å². The van der Waals surface area contributed by atoms with Gasteiger partial charge in [-0.2, -0.15) is 0 Å². The van der Waals surface area contributed by atoms with E-state index < -0.39 is 18.0 Å². The number of esters is 2. The highest BCUT2D eigenvalue weighted by Crippen LogP contribution is 2.16. The smallest absolute Gasteiger partial charge is 0.338 e. The molecule has 0 spiro atoms. The van der Waals surface area contributed by atoms with Crippen LogP contribution in [0.25, 0.3) is 10.4 Å². The van der Waals surface area contributed by atoms with E-state index in [4.69, 9.17) is 15.0 Å². The Kier molecular flexibility index (Phi) is 7.96. The highest BCUT2D eigenvalue weighted by atomic mass is 16.5. The quantitative estimate of drug-likeness (QED) is 0.229. The van der Waals surface area contributed by atoms with Crippen molar-refractivity contribution < 1.29 is 19.1 Å². The SMILES string of the molecule is C=C[C@@H](CCOC(=O)c1ccccc1)[C@H](COC(C)=O)N=[N+]=[N-]. The highest BCUT2D eigenvalue weighted by molar-refractivity contribution is 5.89. The second-order valence-corrected chi connectivity index (χ2v) is 4.77. The van der Waals surface area contributed by atoms with Crippen molar-refractivity contribution in [3.8, 4) is 0 Å². The number of carbonyl (C=O) groups is 2. The Morgan fingerprint density at radius 2 is 2.04 bits per heavy atom. The van der Waals surface area contributed by atoms with Gasteiger partial charge in [-0.05, 0) is 30.0 Å². The van der Waals surface area contributed by atoms with E-state index in [1.165, 1.54) is 6.92 Å². The average Bonchev–Trinajstić information content (AvgIpc) is 2.56. The van der Waals surface area contributed by atoms with E-state index in [2.05, 4.69) is 16.6 Å². The van der Waals surface area contributed by atoms with Crippen LogP contribution in [0.2, 0.25) is 0 Å².